The number of methoxy groups -OCH3 is 3. The van der Waals surface area contributed by atoms with E-state index in [9.17, 15) is 0 Å². The van der Waals surface area contributed by atoms with E-state index in [2.05, 4.69) is 57.2 Å². The van der Waals surface area contributed by atoms with Crippen molar-refractivity contribution in [2.75, 3.05) is 60.6 Å². The van der Waals surface area contributed by atoms with E-state index >= 15 is 0 Å². The number of benzene rings is 3. The van der Waals surface area contributed by atoms with Crippen LogP contribution in [0.15, 0.2) is 72.8 Å². The number of hydrogen-bond acceptors (Lipinski definition) is 6. The maximum atomic E-state index is 5.33. The summed E-state index contributed by atoms with van der Waals surface area (Å²) in [7, 11) is 5.16. The minimum Gasteiger partial charge on any atom is -0.497 e. The van der Waals surface area contributed by atoms with Gasteiger partial charge in [-0.2, -0.15) is 0 Å². The fourth-order valence-corrected chi connectivity index (χ4v) is 5.91. The highest BCUT2D eigenvalue weighted by Crippen LogP contribution is 2.21. The lowest BCUT2D eigenvalue weighted by Crippen LogP contribution is -2.18. The SMILES string of the molecule is COc1ccc(CN2CCCC2)cc1.COc1cccc(CN2CCCC2)c1.COc1ccccc1CN1CCCC1. The molecule has 0 atom stereocenters. The molecular weight excluding hydrogens is 522 g/mol. The summed E-state index contributed by atoms with van der Waals surface area (Å²) in [6, 6.07) is 25.0. The molecule has 0 aromatic heterocycles. The van der Waals surface area contributed by atoms with Gasteiger partial charge >= 0.3 is 0 Å². The van der Waals surface area contributed by atoms with Crippen molar-refractivity contribution in [1.29, 1.82) is 0 Å². The molecule has 3 heterocycles. The molecule has 42 heavy (non-hydrogen) atoms. The van der Waals surface area contributed by atoms with Crippen molar-refractivity contribution in [3.05, 3.63) is 89.5 Å². The van der Waals surface area contributed by atoms with E-state index in [1.165, 1.54) is 94.5 Å². The zero-order chi connectivity index (χ0) is 29.4. The first kappa shape index (κ1) is 31.9. The van der Waals surface area contributed by atoms with Gasteiger partial charge in [0.1, 0.15) is 17.2 Å². The summed E-state index contributed by atoms with van der Waals surface area (Å²) in [5, 5.41) is 0. The Morgan fingerprint density at radius 2 is 1.00 bits per heavy atom. The Bertz CT molecular complexity index is 1150. The molecule has 3 saturated heterocycles. The summed E-state index contributed by atoms with van der Waals surface area (Å²) in [4.78, 5) is 7.48. The van der Waals surface area contributed by atoms with Gasteiger partial charge in [-0.15, -0.1) is 0 Å². The monoisotopic (exact) mass is 573 g/mol. The van der Waals surface area contributed by atoms with Gasteiger partial charge < -0.3 is 14.2 Å². The molecule has 0 saturated carbocycles. The van der Waals surface area contributed by atoms with Crippen LogP contribution in [0.25, 0.3) is 0 Å². The molecule has 0 unspecified atom stereocenters. The van der Waals surface area contributed by atoms with Crippen LogP contribution in [0.1, 0.15) is 55.2 Å². The third-order valence-electron chi connectivity index (χ3n) is 8.29. The fraction of sp³-hybridized carbons (Fsp3) is 0.500. The fourth-order valence-electron chi connectivity index (χ4n) is 5.91. The van der Waals surface area contributed by atoms with Crippen molar-refractivity contribution in [2.45, 2.75) is 58.2 Å². The molecule has 6 nitrogen and oxygen atoms in total. The molecule has 0 spiro atoms. The Morgan fingerprint density at radius 3 is 1.55 bits per heavy atom. The largest absolute Gasteiger partial charge is 0.497 e. The lowest BCUT2D eigenvalue weighted by Gasteiger charge is -2.16. The number of para-hydroxylation sites is 1. The highest BCUT2D eigenvalue weighted by molar-refractivity contribution is 5.33. The minimum atomic E-state index is 0.940. The van der Waals surface area contributed by atoms with E-state index in [4.69, 9.17) is 14.2 Å². The Balaban J connectivity index is 0.000000145. The van der Waals surface area contributed by atoms with Crippen LogP contribution in [0.4, 0.5) is 0 Å². The topological polar surface area (TPSA) is 37.4 Å². The molecule has 228 valence electrons. The lowest BCUT2D eigenvalue weighted by atomic mass is 10.2. The molecule has 0 aliphatic carbocycles. The van der Waals surface area contributed by atoms with Gasteiger partial charge in [0.2, 0.25) is 0 Å². The summed E-state index contributed by atoms with van der Waals surface area (Å²) >= 11 is 0. The third-order valence-corrected chi connectivity index (χ3v) is 8.29. The first-order valence-electron chi connectivity index (χ1n) is 15.7. The standard InChI is InChI=1S/3C12H17NO/c1-14-12-6-4-11(5-7-12)10-13-8-2-3-9-13;1-14-12-6-4-5-11(9-12)10-13-7-2-3-8-13;1-14-12-7-3-2-6-11(12)10-13-8-4-5-9-13/h4-7H,2-3,8-10H2,1H3;4-6,9H,2-3,7-8,10H2,1H3;2-3,6-7H,4-5,8-10H2,1H3. The summed E-state index contributed by atoms with van der Waals surface area (Å²) in [6.45, 7) is 10.7. The average molecular weight is 574 g/mol. The van der Waals surface area contributed by atoms with E-state index in [1.54, 1.807) is 21.3 Å². The summed E-state index contributed by atoms with van der Waals surface area (Å²) in [5.41, 5.74) is 4.04. The van der Waals surface area contributed by atoms with Gasteiger partial charge in [-0.3, -0.25) is 14.7 Å². The second-order valence-corrected chi connectivity index (χ2v) is 11.5. The second kappa shape index (κ2) is 17.8. The normalized spacial score (nSPS) is 17.2. The van der Waals surface area contributed by atoms with Gasteiger partial charge in [0.15, 0.2) is 0 Å². The third kappa shape index (κ3) is 10.6. The molecule has 3 aliphatic rings. The molecule has 3 aliphatic heterocycles. The first-order chi connectivity index (χ1) is 20.7. The number of likely N-dealkylation sites (tertiary alicyclic amines) is 3. The van der Waals surface area contributed by atoms with Gasteiger partial charge in [0, 0.05) is 25.2 Å². The van der Waals surface area contributed by atoms with E-state index in [-0.39, 0.29) is 0 Å². The van der Waals surface area contributed by atoms with Crippen LogP contribution in [0, 0.1) is 0 Å². The molecule has 3 fully saturated rings. The van der Waals surface area contributed by atoms with Crippen molar-refractivity contribution in [2.24, 2.45) is 0 Å². The van der Waals surface area contributed by atoms with Gasteiger partial charge in [-0.05, 0) is 119 Å². The Hall–Kier alpha value is -3.06. The summed E-state index contributed by atoms with van der Waals surface area (Å²) in [6.07, 6.45) is 8.10. The number of hydrogen-bond donors (Lipinski definition) is 0. The van der Waals surface area contributed by atoms with Crippen molar-refractivity contribution in [3.8, 4) is 17.2 Å². The highest BCUT2D eigenvalue weighted by atomic mass is 16.5. The molecule has 0 bridgehead atoms. The van der Waals surface area contributed by atoms with Gasteiger partial charge in [0.25, 0.3) is 0 Å². The molecule has 0 radical (unpaired) electrons. The van der Waals surface area contributed by atoms with Crippen LogP contribution >= 0.6 is 0 Å². The van der Waals surface area contributed by atoms with Crippen LogP contribution in [-0.4, -0.2) is 75.3 Å². The number of rotatable bonds is 9. The summed E-state index contributed by atoms with van der Waals surface area (Å²) < 4.78 is 15.7. The predicted molar refractivity (Wildman–Crippen MR) is 173 cm³/mol. The van der Waals surface area contributed by atoms with E-state index in [1.807, 2.05) is 30.3 Å². The molecule has 3 aromatic rings. The number of nitrogens with zero attached hydrogens (tertiary/aromatic N) is 3. The second-order valence-electron chi connectivity index (χ2n) is 11.5. The molecule has 6 heteroatoms. The van der Waals surface area contributed by atoms with E-state index in [0.29, 0.717) is 0 Å². The quantitative estimate of drug-likeness (QED) is 0.278. The zero-order valence-corrected chi connectivity index (χ0v) is 26.1. The molecular formula is C36H51N3O3. The van der Waals surface area contributed by atoms with E-state index in [0.717, 1.165) is 36.9 Å². The summed E-state index contributed by atoms with van der Waals surface area (Å²) in [5.74, 6) is 2.91. The van der Waals surface area contributed by atoms with Crippen LogP contribution in [0.3, 0.4) is 0 Å². The van der Waals surface area contributed by atoms with Crippen LogP contribution < -0.4 is 14.2 Å². The van der Waals surface area contributed by atoms with Crippen molar-refractivity contribution >= 4 is 0 Å². The maximum Gasteiger partial charge on any atom is 0.123 e. The van der Waals surface area contributed by atoms with Crippen molar-refractivity contribution < 1.29 is 14.2 Å². The van der Waals surface area contributed by atoms with Crippen molar-refractivity contribution in [3.63, 3.8) is 0 Å². The van der Waals surface area contributed by atoms with Gasteiger partial charge in [0.05, 0.1) is 21.3 Å². The molecule has 3 aromatic carbocycles. The molecule has 0 amide bonds. The Kier molecular flexibility index (Phi) is 13.5. The van der Waals surface area contributed by atoms with Gasteiger partial charge in [-0.25, -0.2) is 0 Å². The zero-order valence-electron chi connectivity index (χ0n) is 26.1. The highest BCUT2D eigenvalue weighted by Gasteiger charge is 2.14. The lowest BCUT2D eigenvalue weighted by molar-refractivity contribution is 0.321. The van der Waals surface area contributed by atoms with Gasteiger partial charge in [-0.1, -0.05) is 42.5 Å². The van der Waals surface area contributed by atoms with Crippen molar-refractivity contribution in [1.82, 2.24) is 14.7 Å². The maximum absolute atomic E-state index is 5.33. The van der Waals surface area contributed by atoms with Crippen LogP contribution in [0.2, 0.25) is 0 Å². The van der Waals surface area contributed by atoms with Crippen LogP contribution in [0.5, 0.6) is 17.2 Å². The first-order valence-corrected chi connectivity index (χ1v) is 15.7. The Labute approximate surface area is 254 Å². The average Bonchev–Trinajstić information content (AvgIpc) is 3.84. The van der Waals surface area contributed by atoms with Crippen LogP contribution in [-0.2, 0) is 19.6 Å². The molecule has 6 rings (SSSR count). The minimum absolute atomic E-state index is 0.940. The Morgan fingerprint density at radius 1 is 0.476 bits per heavy atom. The predicted octanol–water partition coefficient (Wildman–Crippen LogP) is 6.87. The molecule has 0 N–H and O–H groups in total. The number of ether oxygens (including phenoxy) is 3. The smallest absolute Gasteiger partial charge is 0.123 e. The van der Waals surface area contributed by atoms with E-state index < -0.39 is 0 Å².